The van der Waals surface area contributed by atoms with E-state index in [1.54, 1.807) is 22.9 Å². The lowest BCUT2D eigenvalue weighted by atomic mass is 10.1. The lowest BCUT2D eigenvalue weighted by Crippen LogP contribution is -2.34. The van der Waals surface area contributed by atoms with Crippen LogP contribution in [0.4, 0.5) is 0 Å². The van der Waals surface area contributed by atoms with Crippen molar-refractivity contribution in [2.75, 3.05) is 6.54 Å². The molecule has 3 aromatic rings. The summed E-state index contributed by atoms with van der Waals surface area (Å²) < 4.78 is 1.64. The second-order valence-corrected chi connectivity index (χ2v) is 9.45. The van der Waals surface area contributed by atoms with Gasteiger partial charge >= 0.3 is 5.66 Å². The molecule has 1 N–H and O–H groups in total. The van der Waals surface area contributed by atoms with Gasteiger partial charge in [-0.15, -0.1) is 11.3 Å². The Morgan fingerprint density at radius 1 is 1.30 bits per heavy atom. The minimum Gasteiger partial charge on any atom is -0.316 e. The van der Waals surface area contributed by atoms with Crippen LogP contribution in [-0.2, 0) is 0 Å². The summed E-state index contributed by atoms with van der Waals surface area (Å²) in [6.07, 6.45) is 1.79. The van der Waals surface area contributed by atoms with Crippen molar-refractivity contribution in [2.45, 2.75) is 31.8 Å². The summed E-state index contributed by atoms with van der Waals surface area (Å²) in [5.74, 6) is 5.70. The van der Waals surface area contributed by atoms with Gasteiger partial charge in [-0.05, 0) is 37.3 Å². The zero-order valence-electron chi connectivity index (χ0n) is 17.6. The molecule has 6 nitrogen and oxygen atoms in total. The van der Waals surface area contributed by atoms with E-state index in [0.717, 1.165) is 15.4 Å². The Hall–Kier alpha value is -3.28. The Kier molecular flexibility index (Phi) is 6.45. The molecule has 0 saturated heterocycles. The van der Waals surface area contributed by atoms with Crippen LogP contribution in [0.1, 0.15) is 40.2 Å². The van der Waals surface area contributed by atoms with Crippen molar-refractivity contribution in [3.63, 3.8) is 0 Å². The van der Waals surface area contributed by atoms with E-state index in [9.17, 15) is 4.79 Å². The fourth-order valence-electron chi connectivity index (χ4n) is 3.28. The molecule has 0 radical (unpaired) electrons. The third-order valence-corrected chi connectivity index (χ3v) is 6.70. The quantitative estimate of drug-likeness (QED) is 0.268. The maximum Gasteiger partial charge on any atom is 0.308 e. The molecule has 1 aliphatic rings. The van der Waals surface area contributed by atoms with Gasteiger partial charge in [0, 0.05) is 10.6 Å². The van der Waals surface area contributed by atoms with E-state index in [2.05, 4.69) is 31.9 Å². The molecule has 4 rings (SSSR count). The maximum atomic E-state index is 13.0. The summed E-state index contributed by atoms with van der Waals surface area (Å²) in [5, 5.41) is 8.31. The number of carbonyl (C=O) groups excluding carboxylic acids is 1. The standard InChI is InChI=1S/C24H17Cl2N5OS/c1-15-21(23(32)29-24(28-3)11-12-24)30-31(19-9-7-16(25)14-18(19)26)22(15)20-10-8-17(33-20)6-4-5-13-27-2/h7-10,14H,5,11-13H2,1H3,(H,29,32). The molecule has 9 heteroatoms. The number of thiophene rings is 1. The van der Waals surface area contributed by atoms with Gasteiger partial charge in [0.25, 0.3) is 5.91 Å². The van der Waals surface area contributed by atoms with Crippen LogP contribution >= 0.6 is 34.5 Å². The van der Waals surface area contributed by atoms with Gasteiger partial charge in [0.05, 0.1) is 45.4 Å². The number of benzene rings is 1. The average molecular weight is 494 g/mol. The lowest BCUT2D eigenvalue weighted by molar-refractivity contribution is 0.0934. The topological polar surface area (TPSA) is 55.6 Å². The van der Waals surface area contributed by atoms with Gasteiger partial charge in [-0.3, -0.25) is 15.0 Å². The van der Waals surface area contributed by atoms with Gasteiger partial charge < -0.3 is 4.85 Å². The minimum absolute atomic E-state index is 0.240. The fraction of sp³-hybridized carbons (Fsp3) is 0.250. The molecule has 1 amide bonds. The van der Waals surface area contributed by atoms with E-state index >= 15 is 0 Å². The molecule has 1 aliphatic carbocycles. The van der Waals surface area contributed by atoms with Crippen LogP contribution < -0.4 is 5.32 Å². The Labute approximate surface area is 205 Å². The SMILES string of the molecule is [C-]#[N+]CCC#Cc1ccc(-c2c(C)c(C(=O)NC3([N+]#[C-])CC3)nn2-c2ccc(Cl)cc2Cl)s1. The Balaban J connectivity index is 1.79. The zero-order valence-corrected chi connectivity index (χ0v) is 19.9. The van der Waals surface area contributed by atoms with Crippen molar-refractivity contribution >= 4 is 40.4 Å². The average Bonchev–Trinajstić information content (AvgIpc) is 3.26. The first-order chi connectivity index (χ1) is 15.9. The highest BCUT2D eigenvalue weighted by Crippen LogP contribution is 2.39. The van der Waals surface area contributed by atoms with Gasteiger partial charge in [0.1, 0.15) is 0 Å². The Morgan fingerprint density at radius 2 is 2.09 bits per heavy atom. The van der Waals surface area contributed by atoms with Gasteiger partial charge in [-0.2, -0.15) is 5.10 Å². The summed E-state index contributed by atoms with van der Waals surface area (Å²) in [4.78, 5) is 21.6. The molecule has 0 aliphatic heterocycles. The molecule has 0 unspecified atom stereocenters. The third-order valence-electron chi connectivity index (χ3n) is 5.16. The van der Waals surface area contributed by atoms with Crippen molar-refractivity contribution in [3.05, 3.63) is 79.3 Å². The molecule has 0 bridgehead atoms. The van der Waals surface area contributed by atoms with Gasteiger partial charge in [-0.1, -0.05) is 35.0 Å². The van der Waals surface area contributed by atoms with Crippen LogP contribution in [0, 0.1) is 31.9 Å². The van der Waals surface area contributed by atoms with E-state index < -0.39 is 5.66 Å². The predicted molar refractivity (Wildman–Crippen MR) is 131 cm³/mol. The molecule has 33 heavy (non-hydrogen) atoms. The molecule has 0 atom stereocenters. The van der Waals surface area contributed by atoms with E-state index in [1.165, 1.54) is 11.3 Å². The normalized spacial score (nSPS) is 13.4. The number of halogens is 2. The summed E-state index contributed by atoms with van der Waals surface area (Å²) in [6, 6.07) is 8.92. The number of hydrogen-bond acceptors (Lipinski definition) is 3. The molecule has 1 saturated carbocycles. The predicted octanol–water partition coefficient (Wildman–Crippen LogP) is 6.02. The number of nitrogens with one attached hydrogen (secondary N) is 1. The Bertz CT molecular complexity index is 1390. The second kappa shape index (κ2) is 9.30. The van der Waals surface area contributed by atoms with E-state index in [1.807, 2.05) is 19.1 Å². The summed E-state index contributed by atoms with van der Waals surface area (Å²) in [6.45, 7) is 16.4. The number of nitrogens with zero attached hydrogens (tertiary/aromatic N) is 4. The van der Waals surface area contributed by atoms with Crippen LogP contribution in [0.2, 0.25) is 10.0 Å². The van der Waals surface area contributed by atoms with Crippen LogP contribution in [-0.4, -0.2) is 27.9 Å². The van der Waals surface area contributed by atoms with Crippen molar-refractivity contribution in [3.8, 4) is 28.1 Å². The number of aromatic nitrogens is 2. The van der Waals surface area contributed by atoms with Gasteiger partial charge in [-0.25, -0.2) is 17.8 Å². The highest BCUT2D eigenvalue weighted by Gasteiger charge is 2.53. The molecule has 2 aromatic heterocycles. The highest BCUT2D eigenvalue weighted by atomic mass is 35.5. The number of amides is 1. The van der Waals surface area contributed by atoms with Crippen molar-refractivity contribution < 1.29 is 4.79 Å². The van der Waals surface area contributed by atoms with E-state index in [-0.39, 0.29) is 11.6 Å². The third kappa shape index (κ3) is 4.75. The smallest absolute Gasteiger partial charge is 0.308 e. The fourth-order valence-corrected chi connectivity index (χ4v) is 4.73. The van der Waals surface area contributed by atoms with Crippen molar-refractivity contribution in [2.24, 2.45) is 0 Å². The number of carbonyl (C=O) groups is 1. The summed E-state index contributed by atoms with van der Waals surface area (Å²) in [7, 11) is 0. The summed E-state index contributed by atoms with van der Waals surface area (Å²) in [5.41, 5.74) is 1.40. The first-order valence-corrected chi connectivity index (χ1v) is 11.6. The highest BCUT2D eigenvalue weighted by molar-refractivity contribution is 7.16. The molecule has 1 fully saturated rings. The van der Waals surface area contributed by atoms with Crippen LogP contribution in [0.15, 0.2) is 30.3 Å². The second-order valence-electron chi connectivity index (χ2n) is 7.52. The maximum absolute atomic E-state index is 13.0. The molecule has 1 aromatic carbocycles. The Morgan fingerprint density at radius 3 is 2.76 bits per heavy atom. The number of hydrogen-bond donors (Lipinski definition) is 1. The number of rotatable bonds is 5. The first kappa shape index (κ1) is 22.9. The van der Waals surface area contributed by atoms with E-state index in [4.69, 9.17) is 36.3 Å². The minimum atomic E-state index is -0.817. The van der Waals surface area contributed by atoms with Crippen LogP contribution in [0.3, 0.4) is 0 Å². The zero-order chi connectivity index (χ0) is 23.6. The molecule has 0 spiro atoms. The van der Waals surface area contributed by atoms with Crippen LogP contribution in [0.5, 0.6) is 0 Å². The lowest BCUT2D eigenvalue weighted by Gasteiger charge is -2.09. The largest absolute Gasteiger partial charge is 0.316 e. The molecular formula is C24H17Cl2N5OS. The molecular weight excluding hydrogens is 477 g/mol. The molecule has 164 valence electrons. The first-order valence-electron chi connectivity index (χ1n) is 10.1. The van der Waals surface area contributed by atoms with Crippen molar-refractivity contribution in [1.29, 1.82) is 0 Å². The van der Waals surface area contributed by atoms with E-state index in [0.29, 0.717) is 47.1 Å². The molecule has 2 heterocycles. The summed E-state index contributed by atoms with van der Waals surface area (Å²) >= 11 is 14.0. The van der Waals surface area contributed by atoms with Crippen molar-refractivity contribution in [1.82, 2.24) is 15.1 Å². The van der Waals surface area contributed by atoms with Gasteiger partial charge in [0.2, 0.25) is 6.54 Å². The van der Waals surface area contributed by atoms with Crippen LogP contribution in [0.25, 0.3) is 25.9 Å². The monoisotopic (exact) mass is 493 g/mol. The van der Waals surface area contributed by atoms with Gasteiger partial charge in [0.15, 0.2) is 5.69 Å².